The molecule has 2 aromatic rings. The fourth-order valence-electron chi connectivity index (χ4n) is 5.41. The number of aliphatic hydroxyl groups excluding tert-OH is 1. The van der Waals surface area contributed by atoms with Crippen molar-refractivity contribution in [2.75, 3.05) is 6.54 Å². The molecule has 0 aromatic heterocycles. The Bertz CT molecular complexity index is 913. The van der Waals surface area contributed by atoms with Crippen molar-refractivity contribution < 1.29 is 14.6 Å². The monoisotopic (exact) mass is 419 g/mol. The highest BCUT2D eigenvalue weighted by Gasteiger charge is 2.52. The number of carbonyl (C=O) groups excluding carboxylic acids is 1. The van der Waals surface area contributed by atoms with Crippen LogP contribution in [0.5, 0.6) is 0 Å². The molecule has 0 aliphatic carbocycles. The minimum atomic E-state index is -0.626. The summed E-state index contributed by atoms with van der Waals surface area (Å²) in [6.45, 7) is 4.67. The molecule has 4 nitrogen and oxygen atoms in total. The van der Waals surface area contributed by atoms with E-state index in [4.69, 9.17) is 4.74 Å². The number of aliphatic hydroxyl groups is 1. The maximum Gasteiger partial charge on any atom is 0.244 e. The standard InChI is InChI=1S/C27H33NO3/c1-26-16-15-22(19-28-24(29)14-13-20-9-5-3-6-10-20)25(30)27(2,31-26)18-23(17-26)21-11-7-4-8-12-21/h3-14,22-23,25,30H,15-19H2,1-2H3,(H,28,29)/b14-13+/t22-,23-,25-,26-,27-/m0/s1. The second kappa shape index (κ2) is 8.97. The Balaban J connectivity index is 1.43. The Hall–Kier alpha value is -2.43. The summed E-state index contributed by atoms with van der Waals surface area (Å²) in [6, 6.07) is 20.3. The first-order valence-electron chi connectivity index (χ1n) is 11.3. The van der Waals surface area contributed by atoms with E-state index in [2.05, 4.69) is 36.5 Å². The van der Waals surface area contributed by atoms with Crippen LogP contribution in [0.25, 0.3) is 6.08 Å². The summed E-state index contributed by atoms with van der Waals surface area (Å²) in [4.78, 5) is 12.3. The number of fused-ring (bicyclic) bond motifs is 2. The van der Waals surface area contributed by atoms with Crippen molar-refractivity contribution in [2.45, 2.75) is 62.8 Å². The molecule has 31 heavy (non-hydrogen) atoms. The van der Waals surface area contributed by atoms with Gasteiger partial charge in [0.25, 0.3) is 0 Å². The quantitative estimate of drug-likeness (QED) is 0.691. The van der Waals surface area contributed by atoms with E-state index in [0.717, 1.165) is 31.2 Å². The van der Waals surface area contributed by atoms with Crippen LogP contribution in [-0.4, -0.2) is 34.9 Å². The molecule has 164 valence electrons. The number of hydrogen-bond acceptors (Lipinski definition) is 3. The van der Waals surface area contributed by atoms with Crippen LogP contribution in [0.3, 0.4) is 0 Å². The summed E-state index contributed by atoms with van der Waals surface area (Å²) < 4.78 is 6.55. The second-order valence-electron chi connectivity index (χ2n) is 9.61. The van der Waals surface area contributed by atoms with Crippen LogP contribution in [0.1, 0.15) is 56.6 Å². The van der Waals surface area contributed by atoms with E-state index in [1.807, 2.05) is 49.4 Å². The molecule has 4 heteroatoms. The van der Waals surface area contributed by atoms with Crippen LogP contribution in [0.15, 0.2) is 66.7 Å². The third kappa shape index (κ3) is 5.08. The van der Waals surface area contributed by atoms with E-state index in [1.54, 1.807) is 6.08 Å². The normalized spacial score (nSPS) is 33.1. The van der Waals surface area contributed by atoms with Crippen molar-refractivity contribution in [2.24, 2.45) is 5.92 Å². The molecule has 0 unspecified atom stereocenters. The van der Waals surface area contributed by atoms with Crippen molar-refractivity contribution >= 4 is 12.0 Å². The number of rotatable bonds is 5. The molecule has 2 aliphatic rings. The third-order valence-electron chi connectivity index (χ3n) is 6.96. The minimum Gasteiger partial charge on any atom is -0.390 e. The van der Waals surface area contributed by atoms with Crippen molar-refractivity contribution in [3.8, 4) is 0 Å². The lowest BCUT2D eigenvalue weighted by Gasteiger charge is -2.49. The Labute approximate surface area is 185 Å². The van der Waals surface area contributed by atoms with Crippen LogP contribution < -0.4 is 5.32 Å². The van der Waals surface area contributed by atoms with Crippen molar-refractivity contribution in [1.82, 2.24) is 5.32 Å². The molecule has 2 aromatic carbocycles. The smallest absolute Gasteiger partial charge is 0.244 e. The van der Waals surface area contributed by atoms with E-state index < -0.39 is 11.7 Å². The van der Waals surface area contributed by atoms with Gasteiger partial charge in [0.2, 0.25) is 5.91 Å². The summed E-state index contributed by atoms with van der Waals surface area (Å²) in [7, 11) is 0. The molecule has 1 amide bonds. The van der Waals surface area contributed by atoms with Gasteiger partial charge in [-0.1, -0.05) is 60.7 Å². The number of carbonyl (C=O) groups is 1. The summed E-state index contributed by atoms with van der Waals surface area (Å²) >= 11 is 0. The second-order valence-corrected chi connectivity index (χ2v) is 9.61. The first-order valence-corrected chi connectivity index (χ1v) is 11.3. The van der Waals surface area contributed by atoms with Gasteiger partial charge in [0.05, 0.1) is 17.3 Å². The Morgan fingerprint density at radius 2 is 1.77 bits per heavy atom. The highest BCUT2D eigenvalue weighted by molar-refractivity contribution is 5.91. The molecular weight excluding hydrogens is 386 g/mol. The summed E-state index contributed by atoms with van der Waals surface area (Å²) in [5.74, 6) is 0.194. The highest BCUT2D eigenvalue weighted by atomic mass is 16.5. The van der Waals surface area contributed by atoms with Crippen LogP contribution >= 0.6 is 0 Å². The average molecular weight is 420 g/mol. The zero-order valence-corrected chi connectivity index (χ0v) is 18.5. The van der Waals surface area contributed by atoms with Gasteiger partial charge in [-0.2, -0.15) is 0 Å². The number of hydrogen-bond donors (Lipinski definition) is 2. The molecule has 5 atom stereocenters. The summed E-state index contributed by atoms with van der Waals surface area (Å²) in [5, 5.41) is 14.3. The zero-order chi connectivity index (χ0) is 21.9. The Morgan fingerprint density at radius 1 is 1.10 bits per heavy atom. The lowest BCUT2D eigenvalue weighted by Crippen LogP contribution is -2.54. The SMILES string of the molecule is C[C@]12CC[C@@H](CNC(=O)/C=C/c3ccccc3)[C@H](O)[C@](C)(C[C@@H](c3ccccc3)C1)O2. The van der Waals surface area contributed by atoms with Crippen molar-refractivity contribution in [1.29, 1.82) is 0 Å². The molecule has 2 aliphatic heterocycles. The summed E-state index contributed by atoms with van der Waals surface area (Å²) in [6.07, 6.45) is 6.19. The molecule has 2 N–H and O–H groups in total. The first-order chi connectivity index (χ1) is 14.9. The maximum absolute atomic E-state index is 12.3. The van der Waals surface area contributed by atoms with E-state index in [1.165, 1.54) is 5.56 Å². The molecule has 0 spiro atoms. The zero-order valence-electron chi connectivity index (χ0n) is 18.5. The fraction of sp³-hybridized carbons (Fsp3) is 0.444. The number of benzene rings is 2. The minimum absolute atomic E-state index is 0.0320. The molecule has 2 fully saturated rings. The van der Waals surface area contributed by atoms with Gasteiger partial charge in [0.15, 0.2) is 0 Å². The van der Waals surface area contributed by atoms with Crippen LogP contribution in [0.4, 0.5) is 0 Å². The topological polar surface area (TPSA) is 58.6 Å². The Kier molecular flexibility index (Phi) is 6.31. The molecule has 0 radical (unpaired) electrons. The van der Waals surface area contributed by atoms with Gasteiger partial charge in [-0.15, -0.1) is 0 Å². The van der Waals surface area contributed by atoms with Crippen molar-refractivity contribution in [3.63, 3.8) is 0 Å². The lowest BCUT2D eigenvalue weighted by molar-refractivity contribution is -0.215. The Morgan fingerprint density at radius 3 is 2.48 bits per heavy atom. The van der Waals surface area contributed by atoms with Gasteiger partial charge in [-0.25, -0.2) is 0 Å². The van der Waals surface area contributed by atoms with Gasteiger partial charge in [0.1, 0.15) is 0 Å². The van der Waals surface area contributed by atoms with Crippen LogP contribution in [0, 0.1) is 5.92 Å². The predicted molar refractivity (Wildman–Crippen MR) is 124 cm³/mol. The predicted octanol–water partition coefficient (Wildman–Crippen LogP) is 4.70. The van der Waals surface area contributed by atoms with Crippen molar-refractivity contribution in [3.05, 3.63) is 77.9 Å². The van der Waals surface area contributed by atoms with E-state index in [0.29, 0.717) is 12.5 Å². The van der Waals surface area contributed by atoms with E-state index in [9.17, 15) is 9.90 Å². The number of nitrogens with one attached hydrogen (secondary N) is 1. The van der Waals surface area contributed by atoms with E-state index >= 15 is 0 Å². The molecule has 2 bridgehead atoms. The van der Waals surface area contributed by atoms with Crippen LogP contribution in [0.2, 0.25) is 0 Å². The number of ether oxygens (including phenoxy) is 1. The largest absolute Gasteiger partial charge is 0.390 e. The van der Waals surface area contributed by atoms with Gasteiger partial charge in [0, 0.05) is 18.5 Å². The molecule has 2 heterocycles. The van der Waals surface area contributed by atoms with Gasteiger partial charge < -0.3 is 15.2 Å². The first kappa shape index (κ1) is 21.8. The maximum atomic E-state index is 12.3. The van der Waals surface area contributed by atoms with Gasteiger partial charge in [-0.3, -0.25) is 4.79 Å². The molecule has 4 rings (SSSR count). The number of amides is 1. The average Bonchev–Trinajstić information content (AvgIpc) is 2.84. The molecular formula is C27H33NO3. The van der Waals surface area contributed by atoms with Gasteiger partial charge in [-0.05, 0) is 62.7 Å². The molecule has 2 saturated heterocycles. The fourth-order valence-corrected chi connectivity index (χ4v) is 5.41. The summed E-state index contributed by atoms with van der Waals surface area (Å²) in [5.41, 5.74) is 1.41. The highest BCUT2D eigenvalue weighted by Crippen LogP contribution is 2.50. The lowest BCUT2D eigenvalue weighted by atomic mass is 9.74. The van der Waals surface area contributed by atoms with Gasteiger partial charge >= 0.3 is 0 Å². The van der Waals surface area contributed by atoms with E-state index in [-0.39, 0.29) is 17.4 Å². The molecule has 0 saturated carbocycles. The van der Waals surface area contributed by atoms with Crippen LogP contribution in [-0.2, 0) is 9.53 Å². The third-order valence-corrected chi connectivity index (χ3v) is 6.96.